The summed E-state index contributed by atoms with van der Waals surface area (Å²) in [4.78, 5) is 12.1. The van der Waals surface area contributed by atoms with E-state index < -0.39 is 0 Å². The lowest BCUT2D eigenvalue weighted by molar-refractivity contribution is 0.101. The van der Waals surface area contributed by atoms with Gasteiger partial charge >= 0.3 is 0 Å². The van der Waals surface area contributed by atoms with E-state index in [1.165, 1.54) is 0 Å². The molecule has 0 unspecified atom stereocenters. The fourth-order valence-electron chi connectivity index (χ4n) is 2.90. The molecule has 0 aliphatic rings. The highest BCUT2D eigenvalue weighted by Gasteiger charge is 2.18. The molecule has 0 saturated heterocycles. The van der Waals surface area contributed by atoms with Gasteiger partial charge in [-0.05, 0) is 51.3 Å². The molecule has 1 aromatic heterocycles. The summed E-state index contributed by atoms with van der Waals surface area (Å²) < 4.78 is 8.17. The minimum Gasteiger partial charge on any atom is -0.491 e. The van der Waals surface area contributed by atoms with Crippen molar-refractivity contribution in [3.63, 3.8) is 0 Å². The minimum absolute atomic E-state index is 0.116. The predicted octanol–water partition coefficient (Wildman–Crippen LogP) is 4.99. The van der Waals surface area contributed by atoms with E-state index in [2.05, 4.69) is 38.3 Å². The SMILES string of the molecule is CC[C@@H](C)Oc1ccc2c(c1)c(C(C)=O)c(C)n2CC(C)C. The number of carbonyl (C=O) groups is 1. The molecule has 22 heavy (non-hydrogen) atoms. The Bertz CT molecular complexity index is 682. The number of hydrogen-bond acceptors (Lipinski definition) is 2. The molecule has 1 heterocycles. The zero-order valence-corrected chi connectivity index (χ0v) is 14.6. The maximum atomic E-state index is 12.1. The number of rotatable bonds is 6. The maximum absolute atomic E-state index is 12.1. The summed E-state index contributed by atoms with van der Waals surface area (Å²) >= 11 is 0. The number of hydrogen-bond donors (Lipinski definition) is 0. The summed E-state index contributed by atoms with van der Waals surface area (Å²) in [5.74, 6) is 1.49. The topological polar surface area (TPSA) is 31.2 Å². The molecule has 3 heteroatoms. The minimum atomic E-state index is 0.116. The monoisotopic (exact) mass is 301 g/mol. The highest BCUT2D eigenvalue weighted by Crippen LogP contribution is 2.31. The number of fused-ring (bicyclic) bond motifs is 1. The van der Waals surface area contributed by atoms with Gasteiger partial charge in [-0.1, -0.05) is 20.8 Å². The lowest BCUT2D eigenvalue weighted by Gasteiger charge is -2.13. The first-order valence-corrected chi connectivity index (χ1v) is 8.15. The summed E-state index contributed by atoms with van der Waals surface area (Å²) in [5.41, 5.74) is 3.00. The van der Waals surface area contributed by atoms with Crippen molar-refractivity contribution in [2.24, 2.45) is 5.92 Å². The van der Waals surface area contributed by atoms with Crippen molar-refractivity contribution in [1.29, 1.82) is 0 Å². The Morgan fingerprint density at radius 2 is 1.95 bits per heavy atom. The number of ether oxygens (including phenoxy) is 1. The van der Waals surface area contributed by atoms with Crippen LogP contribution >= 0.6 is 0 Å². The van der Waals surface area contributed by atoms with Gasteiger partial charge in [0.2, 0.25) is 0 Å². The standard InChI is InChI=1S/C19H27NO2/c1-7-13(4)22-16-8-9-18-17(10-16)19(15(6)21)14(5)20(18)11-12(2)3/h8-10,12-13H,7,11H2,1-6H3/t13-/m1/s1. The van der Waals surface area contributed by atoms with Crippen molar-refractivity contribution >= 4 is 16.7 Å². The van der Waals surface area contributed by atoms with Gasteiger partial charge in [0, 0.05) is 28.7 Å². The van der Waals surface area contributed by atoms with E-state index in [1.807, 2.05) is 19.1 Å². The first-order chi connectivity index (χ1) is 10.3. The number of aromatic nitrogens is 1. The van der Waals surface area contributed by atoms with Crippen molar-refractivity contribution in [2.45, 2.75) is 60.6 Å². The van der Waals surface area contributed by atoms with Crippen LogP contribution in [0.3, 0.4) is 0 Å². The first-order valence-electron chi connectivity index (χ1n) is 8.15. The van der Waals surface area contributed by atoms with Crippen molar-refractivity contribution in [2.75, 3.05) is 0 Å². The Kier molecular flexibility index (Phi) is 4.94. The average Bonchev–Trinajstić information content (AvgIpc) is 2.70. The van der Waals surface area contributed by atoms with Crippen LogP contribution in [0.15, 0.2) is 18.2 Å². The molecule has 1 aromatic carbocycles. The van der Waals surface area contributed by atoms with Crippen molar-refractivity contribution in [3.8, 4) is 5.75 Å². The largest absolute Gasteiger partial charge is 0.491 e. The van der Waals surface area contributed by atoms with E-state index in [0.29, 0.717) is 5.92 Å². The zero-order chi connectivity index (χ0) is 16.4. The van der Waals surface area contributed by atoms with Gasteiger partial charge in [0.25, 0.3) is 0 Å². The van der Waals surface area contributed by atoms with E-state index in [0.717, 1.165) is 40.9 Å². The summed E-state index contributed by atoms with van der Waals surface area (Å²) in [6, 6.07) is 6.10. The van der Waals surface area contributed by atoms with Crippen molar-refractivity contribution in [1.82, 2.24) is 4.57 Å². The van der Waals surface area contributed by atoms with Crippen LogP contribution in [0.1, 0.15) is 57.1 Å². The summed E-state index contributed by atoms with van der Waals surface area (Å²) in [6.07, 6.45) is 1.14. The molecule has 0 bridgehead atoms. The quantitative estimate of drug-likeness (QED) is 0.704. The Labute approximate surface area is 133 Å². The van der Waals surface area contributed by atoms with Crippen LogP contribution in [-0.4, -0.2) is 16.5 Å². The second kappa shape index (κ2) is 6.55. The molecule has 0 saturated carbocycles. The van der Waals surface area contributed by atoms with Crippen LogP contribution < -0.4 is 4.74 Å². The Morgan fingerprint density at radius 3 is 2.50 bits per heavy atom. The Hall–Kier alpha value is -1.77. The third kappa shape index (κ3) is 3.18. The van der Waals surface area contributed by atoms with Gasteiger partial charge in [0.15, 0.2) is 5.78 Å². The van der Waals surface area contributed by atoms with Gasteiger partial charge in [0.1, 0.15) is 5.75 Å². The summed E-state index contributed by atoms with van der Waals surface area (Å²) in [7, 11) is 0. The van der Waals surface area contributed by atoms with Crippen LogP contribution in [0.4, 0.5) is 0 Å². The van der Waals surface area contributed by atoms with Crippen LogP contribution in [0.25, 0.3) is 10.9 Å². The van der Waals surface area contributed by atoms with Gasteiger partial charge in [-0.2, -0.15) is 0 Å². The molecule has 0 aliphatic carbocycles. The van der Waals surface area contributed by atoms with E-state index in [1.54, 1.807) is 6.92 Å². The third-order valence-electron chi connectivity index (χ3n) is 4.11. The highest BCUT2D eigenvalue weighted by atomic mass is 16.5. The molecule has 2 rings (SSSR count). The van der Waals surface area contributed by atoms with Crippen molar-refractivity contribution in [3.05, 3.63) is 29.5 Å². The van der Waals surface area contributed by atoms with Gasteiger partial charge in [0.05, 0.1) is 6.10 Å². The van der Waals surface area contributed by atoms with Gasteiger partial charge in [-0.15, -0.1) is 0 Å². The molecule has 0 aliphatic heterocycles. The number of Topliss-reactive ketones (excluding diaryl/α,β-unsaturated/α-hetero) is 1. The van der Waals surface area contributed by atoms with Crippen LogP contribution in [-0.2, 0) is 6.54 Å². The summed E-state index contributed by atoms with van der Waals surface area (Å²) in [6.45, 7) is 13.1. The third-order valence-corrected chi connectivity index (χ3v) is 4.11. The fourth-order valence-corrected chi connectivity index (χ4v) is 2.90. The number of ketones is 1. The van der Waals surface area contributed by atoms with Crippen LogP contribution in [0.5, 0.6) is 5.75 Å². The summed E-state index contributed by atoms with van der Waals surface area (Å²) in [5, 5.41) is 1.01. The van der Waals surface area contributed by atoms with E-state index in [9.17, 15) is 4.79 Å². The number of carbonyl (C=O) groups excluding carboxylic acids is 1. The lowest BCUT2D eigenvalue weighted by atomic mass is 10.1. The Balaban J connectivity index is 2.59. The molecule has 0 radical (unpaired) electrons. The number of benzene rings is 1. The molecule has 0 spiro atoms. The normalized spacial score (nSPS) is 12.9. The molecule has 3 nitrogen and oxygen atoms in total. The van der Waals surface area contributed by atoms with Crippen LogP contribution in [0.2, 0.25) is 0 Å². The zero-order valence-electron chi connectivity index (χ0n) is 14.6. The molecule has 0 fully saturated rings. The Morgan fingerprint density at radius 1 is 1.27 bits per heavy atom. The molecule has 120 valence electrons. The van der Waals surface area contributed by atoms with E-state index >= 15 is 0 Å². The highest BCUT2D eigenvalue weighted by molar-refractivity contribution is 6.08. The second-order valence-corrected chi connectivity index (χ2v) is 6.54. The van der Waals surface area contributed by atoms with Gasteiger partial charge in [-0.25, -0.2) is 0 Å². The average molecular weight is 301 g/mol. The molecular formula is C19H27NO2. The van der Waals surface area contributed by atoms with Gasteiger partial charge < -0.3 is 9.30 Å². The molecular weight excluding hydrogens is 274 g/mol. The molecule has 0 N–H and O–H groups in total. The molecule has 1 atom stereocenters. The molecule has 2 aromatic rings. The smallest absolute Gasteiger partial charge is 0.162 e. The van der Waals surface area contributed by atoms with E-state index in [-0.39, 0.29) is 11.9 Å². The van der Waals surface area contributed by atoms with Gasteiger partial charge in [-0.3, -0.25) is 4.79 Å². The predicted molar refractivity (Wildman–Crippen MR) is 91.9 cm³/mol. The maximum Gasteiger partial charge on any atom is 0.162 e. The molecule has 0 amide bonds. The first kappa shape index (κ1) is 16.6. The van der Waals surface area contributed by atoms with Crippen LogP contribution in [0, 0.1) is 12.8 Å². The lowest BCUT2D eigenvalue weighted by Crippen LogP contribution is -2.09. The fraction of sp³-hybridized carbons (Fsp3) is 0.526. The van der Waals surface area contributed by atoms with E-state index in [4.69, 9.17) is 4.74 Å². The van der Waals surface area contributed by atoms with Crippen molar-refractivity contribution < 1.29 is 9.53 Å². The second-order valence-electron chi connectivity index (χ2n) is 6.54. The number of nitrogens with zero attached hydrogens (tertiary/aromatic N) is 1.